The number of nitrogens with zero attached hydrogens (tertiary/aromatic N) is 1. The lowest BCUT2D eigenvalue weighted by Crippen LogP contribution is -2.03. The van der Waals surface area contributed by atoms with Gasteiger partial charge in [0.2, 0.25) is 5.78 Å². The third-order valence-electron chi connectivity index (χ3n) is 1.93. The molecule has 2 rings (SSSR count). The molecule has 2 N–H and O–H groups in total. The van der Waals surface area contributed by atoms with Gasteiger partial charge in [-0.3, -0.25) is 4.79 Å². The second-order valence-corrected chi connectivity index (χ2v) is 3.62. The van der Waals surface area contributed by atoms with Crippen LogP contribution < -0.4 is 5.73 Å². The highest BCUT2D eigenvalue weighted by Gasteiger charge is 2.12. The van der Waals surface area contributed by atoms with Crippen molar-refractivity contribution < 1.29 is 9.18 Å². The number of hydrogen-bond acceptors (Lipinski definition) is 4. The number of anilines is 1. The zero-order valence-corrected chi connectivity index (χ0v) is 8.42. The number of hydrogen-bond donors (Lipinski definition) is 1. The van der Waals surface area contributed by atoms with Crippen LogP contribution in [0.15, 0.2) is 29.6 Å². The minimum absolute atomic E-state index is 0.0322. The molecule has 0 unspecified atom stereocenters. The van der Waals surface area contributed by atoms with E-state index in [-0.39, 0.29) is 17.0 Å². The Kier molecular flexibility index (Phi) is 2.47. The first-order valence-electron chi connectivity index (χ1n) is 4.18. The van der Waals surface area contributed by atoms with Crippen molar-refractivity contribution in [1.29, 1.82) is 0 Å². The Labute approximate surface area is 89.5 Å². The zero-order chi connectivity index (χ0) is 10.8. The number of benzene rings is 1. The normalized spacial score (nSPS) is 10.2. The molecule has 1 heterocycles. The van der Waals surface area contributed by atoms with Crippen LogP contribution in [0.3, 0.4) is 0 Å². The van der Waals surface area contributed by atoms with Crippen LogP contribution in [-0.2, 0) is 0 Å². The van der Waals surface area contributed by atoms with Crippen LogP contribution in [0.4, 0.5) is 10.1 Å². The third kappa shape index (κ3) is 1.87. The highest BCUT2D eigenvalue weighted by atomic mass is 32.1. The van der Waals surface area contributed by atoms with Gasteiger partial charge < -0.3 is 5.73 Å². The molecule has 1 aromatic carbocycles. The quantitative estimate of drug-likeness (QED) is 0.625. The summed E-state index contributed by atoms with van der Waals surface area (Å²) in [5, 5.41) is 1.70. The van der Waals surface area contributed by atoms with Crippen molar-refractivity contribution in [3.05, 3.63) is 46.7 Å². The lowest BCUT2D eigenvalue weighted by atomic mass is 10.1. The van der Waals surface area contributed by atoms with Gasteiger partial charge >= 0.3 is 0 Å². The van der Waals surface area contributed by atoms with Gasteiger partial charge in [-0.2, -0.15) is 4.37 Å². The number of carbonyl (C=O) groups is 1. The maximum atomic E-state index is 13.1. The fourth-order valence-electron chi connectivity index (χ4n) is 1.15. The van der Waals surface area contributed by atoms with E-state index < -0.39 is 5.82 Å². The molecule has 0 saturated carbocycles. The summed E-state index contributed by atoms with van der Waals surface area (Å²) in [4.78, 5) is 11.7. The SMILES string of the molecule is Nc1ccc(C(=O)c2ccsn2)cc1F. The molecule has 15 heavy (non-hydrogen) atoms. The molecule has 0 radical (unpaired) electrons. The van der Waals surface area contributed by atoms with Gasteiger partial charge in [0.15, 0.2) is 0 Å². The van der Waals surface area contributed by atoms with Crippen LogP contribution in [0.1, 0.15) is 16.1 Å². The van der Waals surface area contributed by atoms with Crippen LogP contribution in [0.25, 0.3) is 0 Å². The summed E-state index contributed by atoms with van der Waals surface area (Å²) < 4.78 is 17.0. The number of aromatic nitrogens is 1. The predicted molar refractivity (Wildman–Crippen MR) is 56.4 cm³/mol. The molecule has 5 heteroatoms. The number of carbonyl (C=O) groups excluding carboxylic acids is 1. The largest absolute Gasteiger partial charge is 0.396 e. The molecule has 0 bridgehead atoms. The maximum Gasteiger partial charge on any atom is 0.212 e. The Balaban J connectivity index is 2.39. The Morgan fingerprint density at radius 1 is 1.40 bits per heavy atom. The average molecular weight is 222 g/mol. The maximum absolute atomic E-state index is 13.1. The Morgan fingerprint density at radius 3 is 2.80 bits per heavy atom. The van der Waals surface area contributed by atoms with Gasteiger partial charge in [-0.15, -0.1) is 0 Å². The molecule has 0 fully saturated rings. The highest BCUT2D eigenvalue weighted by molar-refractivity contribution is 7.03. The van der Waals surface area contributed by atoms with Gasteiger partial charge in [-0.1, -0.05) is 0 Å². The Bertz CT molecular complexity index is 496. The zero-order valence-electron chi connectivity index (χ0n) is 7.61. The minimum atomic E-state index is -0.587. The summed E-state index contributed by atoms with van der Waals surface area (Å²) in [6, 6.07) is 5.58. The molecule has 3 nitrogen and oxygen atoms in total. The van der Waals surface area contributed by atoms with Crippen LogP contribution >= 0.6 is 11.5 Å². The smallest absolute Gasteiger partial charge is 0.212 e. The van der Waals surface area contributed by atoms with E-state index in [0.29, 0.717) is 5.69 Å². The predicted octanol–water partition coefficient (Wildman–Crippen LogP) is 2.10. The van der Waals surface area contributed by atoms with Crippen molar-refractivity contribution in [3.8, 4) is 0 Å². The van der Waals surface area contributed by atoms with E-state index in [0.717, 1.165) is 6.07 Å². The third-order valence-corrected chi connectivity index (χ3v) is 2.49. The summed E-state index contributed by atoms with van der Waals surface area (Å²) in [6.45, 7) is 0. The van der Waals surface area contributed by atoms with E-state index in [1.165, 1.54) is 23.7 Å². The van der Waals surface area contributed by atoms with Gasteiger partial charge in [-0.25, -0.2) is 4.39 Å². The van der Waals surface area contributed by atoms with Crippen LogP contribution in [0.2, 0.25) is 0 Å². The molecule has 0 atom stereocenters. The van der Waals surface area contributed by atoms with Crippen molar-refractivity contribution in [2.45, 2.75) is 0 Å². The van der Waals surface area contributed by atoms with Crippen molar-refractivity contribution in [2.24, 2.45) is 0 Å². The number of nitrogen functional groups attached to an aromatic ring is 1. The van der Waals surface area contributed by atoms with Crippen LogP contribution in [0.5, 0.6) is 0 Å². The molecule has 0 aliphatic carbocycles. The number of ketones is 1. The molecule has 0 spiro atoms. The fourth-order valence-corrected chi connectivity index (χ4v) is 1.65. The summed E-state index contributed by atoms with van der Waals surface area (Å²) in [7, 11) is 0. The molecule has 0 aliphatic rings. The summed E-state index contributed by atoms with van der Waals surface area (Å²) in [5.74, 6) is -0.883. The minimum Gasteiger partial charge on any atom is -0.396 e. The molecule has 0 saturated heterocycles. The van der Waals surface area contributed by atoms with Gasteiger partial charge in [0, 0.05) is 10.9 Å². The van der Waals surface area contributed by atoms with E-state index in [2.05, 4.69) is 4.37 Å². The molecular weight excluding hydrogens is 215 g/mol. The van der Waals surface area contributed by atoms with E-state index in [4.69, 9.17) is 5.73 Å². The van der Waals surface area contributed by atoms with Crippen molar-refractivity contribution in [3.63, 3.8) is 0 Å². The summed E-state index contributed by atoms with van der Waals surface area (Å²) in [5.41, 5.74) is 5.92. The van der Waals surface area contributed by atoms with E-state index in [1.54, 1.807) is 11.4 Å². The molecule has 2 aromatic rings. The van der Waals surface area contributed by atoms with Gasteiger partial charge in [0.05, 0.1) is 5.69 Å². The second-order valence-electron chi connectivity index (χ2n) is 2.95. The second kappa shape index (κ2) is 3.78. The Hall–Kier alpha value is -1.75. The monoisotopic (exact) mass is 222 g/mol. The molecule has 0 amide bonds. The van der Waals surface area contributed by atoms with Crippen molar-refractivity contribution >= 4 is 23.0 Å². The fraction of sp³-hybridized carbons (Fsp3) is 0. The summed E-state index contributed by atoms with van der Waals surface area (Å²) in [6.07, 6.45) is 0. The van der Waals surface area contributed by atoms with Crippen LogP contribution in [-0.4, -0.2) is 10.2 Å². The van der Waals surface area contributed by atoms with Gasteiger partial charge in [0.1, 0.15) is 11.5 Å². The molecule has 76 valence electrons. The molecule has 0 aliphatic heterocycles. The van der Waals surface area contributed by atoms with Gasteiger partial charge in [-0.05, 0) is 35.8 Å². The molecule has 1 aromatic heterocycles. The number of rotatable bonds is 2. The lowest BCUT2D eigenvalue weighted by Gasteiger charge is -1.99. The van der Waals surface area contributed by atoms with Crippen molar-refractivity contribution in [1.82, 2.24) is 4.37 Å². The first-order valence-corrected chi connectivity index (χ1v) is 5.02. The van der Waals surface area contributed by atoms with Gasteiger partial charge in [0.25, 0.3) is 0 Å². The number of nitrogens with two attached hydrogens (primary N) is 1. The van der Waals surface area contributed by atoms with E-state index >= 15 is 0 Å². The molecular formula is C10H7FN2OS. The lowest BCUT2D eigenvalue weighted by molar-refractivity contribution is 0.103. The average Bonchev–Trinajstić information content (AvgIpc) is 2.74. The summed E-state index contributed by atoms with van der Waals surface area (Å²) >= 11 is 1.18. The van der Waals surface area contributed by atoms with Crippen LogP contribution in [0, 0.1) is 5.82 Å². The number of halogens is 1. The van der Waals surface area contributed by atoms with Crippen molar-refractivity contribution in [2.75, 3.05) is 5.73 Å². The first kappa shape index (κ1) is 9.79. The topological polar surface area (TPSA) is 56.0 Å². The standard InChI is InChI=1S/C10H7FN2OS/c11-7-5-6(1-2-8(7)12)10(14)9-3-4-15-13-9/h1-5H,12H2. The highest BCUT2D eigenvalue weighted by Crippen LogP contribution is 2.15. The Morgan fingerprint density at radius 2 is 2.20 bits per heavy atom. The van der Waals surface area contributed by atoms with E-state index in [9.17, 15) is 9.18 Å². The first-order chi connectivity index (χ1) is 7.18. The van der Waals surface area contributed by atoms with E-state index in [1.807, 2.05) is 0 Å².